The van der Waals surface area contributed by atoms with Crippen molar-refractivity contribution in [2.45, 2.75) is 64.8 Å². The molecule has 0 aromatic rings. The average Bonchev–Trinajstić information content (AvgIpc) is 1.99. The van der Waals surface area contributed by atoms with Crippen molar-refractivity contribution in [1.82, 2.24) is 0 Å². The largest absolute Gasteiger partial charge is 0.481 e. The van der Waals surface area contributed by atoms with Crippen LogP contribution in [0.1, 0.15) is 39.0 Å². The molecule has 0 amide bonds. The van der Waals surface area contributed by atoms with Gasteiger partial charge in [0.2, 0.25) is 0 Å². The monoisotopic (exact) mass is 232 g/mol. The molecular formula is C11H24O3Si. The molecule has 0 aliphatic heterocycles. The Kier molecular flexibility index (Phi) is 6.84. The van der Waals surface area contributed by atoms with Gasteiger partial charge >= 0.3 is 5.97 Å². The lowest BCUT2D eigenvalue weighted by molar-refractivity contribution is -0.137. The second-order valence-corrected chi connectivity index (χ2v) is 9.49. The van der Waals surface area contributed by atoms with Crippen molar-refractivity contribution in [2.75, 3.05) is 0 Å². The summed E-state index contributed by atoms with van der Waals surface area (Å²) in [5, 5.41) is 8.46. The van der Waals surface area contributed by atoms with E-state index in [0.29, 0.717) is 12.5 Å². The van der Waals surface area contributed by atoms with Gasteiger partial charge in [-0.25, -0.2) is 0 Å². The molecule has 0 fully saturated rings. The maximum atomic E-state index is 10.3. The van der Waals surface area contributed by atoms with Crippen LogP contribution >= 0.6 is 0 Å². The molecular weight excluding hydrogens is 208 g/mol. The highest BCUT2D eigenvalue weighted by Crippen LogP contribution is 2.13. The minimum absolute atomic E-state index is 0.295. The Labute approximate surface area is 94.0 Å². The molecule has 0 rings (SSSR count). The molecule has 3 nitrogen and oxygen atoms in total. The van der Waals surface area contributed by atoms with Gasteiger partial charge in [0.05, 0.1) is 0 Å². The number of carbonyl (C=O) groups is 1. The summed E-state index contributed by atoms with van der Waals surface area (Å²) in [6, 6.07) is 0. The first-order valence-corrected chi connectivity index (χ1v) is 9.11. The summed E-state index contributed by atoms with van der Waals surface area (Å²) < 4.78 is 5.89. The van der Waals surface area contributed by atoms with Gasteiger partial charge in [0, 0.05) is 12.5 Å². The van der Waals surface area contributed by atoms with Crippen molar-refractivity contribution >= 4 is 14.3 Å². The first kappa shape index (κ1) is 14.6. The molecule has 0 radical (unpaired) electrons. The zero-order chi connectivity index (χ0) is 11.9. The third-order valence-corrected chi connectivity index (χ3v) is 3.17. The van der Waals surface area contributed by atoms with Crippen molar-refractivity contribution in [2.24, 2.45) is 0 Å². The van der Waals surface area contributed by atoms with Gasteiger partial charge in [0.15, 0.2) is 8.32 Å². The summed E-state index contributed by atoms with van der Waals surface area (Å²) in [4.78, 5) is 10.3. The smallest absolute Gasteiger partial charge is 0.303 e. The number of aliphatic carboxylic acids is 1. The standard InChI is InChI=1S/C11H24O3Si/c1-10(14-15(2,3)4)8-6-5-7-9-11(12)13/h10H,5-9H2,1-4H3,(H,12,13). The minimum Gasteiger partial charge on any atom is -0.481 e. The molecule has 0 heterocycles. The van der Waals surface area contributed by atoms with Crippen molar-refractivity contribution in [3.8, 4) is 0 Å². The lowest BCUT2D eigenvalue weighted by Crippen LogP contribution is -2.30. The van der Waals surface area contributed by atoms with E-state index in [4.69, 9.17) is 9.53 Å². The van der Waals surface area contributed by atoms with E-state index in [1.807, 2.05) is 0 Å². The summed E-state index contributed by atoms with van der Waals surface area (Å²) >= 11 is 0. The highest BCUT2D eigenvalue weighted by Gasteiger charge is 2.17. The molecule has 0 spiro atoms. The maximum absolute atomic E-state index is 10.3. The van der Waals surface area contributed by atoms with Crippen molar-refractivity contribution in [3.05, 3.63) is 0 Å². The molecule has 1 unspecified atom stereocenters. The van der Waals surface area contributed by atoms with Gasteiger partial charge in [-0.3, -0.25) is 4.79 Å². The van der Waals surface area contributed by atoms with Gasteiger partial charge in [-0.05, 0) is 39.4 Å². The molecule has 1 atom stereocenters. The van der Waals surface area contributed by atoms with E-state index in [1.165, 1.54) is 0 Å². The number of carboxylic acids is 1. The zero-order valence-corrected chi connectivity index (χ0v) is 11.4. The van der Waals surface area contributed by atoms with Gasteiger partial charge in [-0.2, -0.15) is 0 Å². The van der Waals surface area contributed by atoms with Crippen LogP contribution in [0.2, 0.25) is 19.6 Å². The molecule has 90 valence electrons. The molecule has 0 saturated heterocycles. The van der Waals surface area contributed by atoms with Gasteiger partial charge in [0.25, 0.3) is 0 Å². The highest BCUT2D eigenvalue weighted by atomic mass is 28.4. The molecule has 15 heavy (non-hydrogen) atoms. The van der Waals surface area contributed by atoms with E-state index in [0.717, 1.165) is 25.7 Å². The number of hydrogen-bond donors (Lipinski definition) is 1. The Morgan fingerprint density at radius 1 is 1.27 bits per heavy atom. The molecule has 0 aromatic heterocycles. The first-order valence-electron chi connectivity index (χ1n) is 5.71. The number of carboxylic acid groups (broad SMARTS) is 1. The van der Waals surface area contributed by atoms with Crippen LogP contribution in [0.25, 0.3) is 0 Å². The Balaban J connectivity index is 3.39. The zero-order valence-electron chi connectivity index (χ0n) is 10.4. The summed E-state index contributed by atoms with van der Waals surface area (Å²) in [5.41, 5.74) is 0. The highest BCUT2D eigenvalue weighted by molar-refractivity contribution is 6.69. The summed E-state index contributed by atoms with van der Waals surface area (Å²) in [7, 11) is -1.40. The second-order valence-electron chi connectivity index (χ2n) is 5.03. The Morgan fingerprint density at radius 3 is 2.33 bits per heavy atom. The second kappa shape index (κ2) is 7.01. The molecule has 1 N–H and O–H groups in total. The molecule has 0 aliphatic carbocycles. The van der Waals surface area contributed by atoms with Crippen molar-refractivity contribution < 1.29 is 14.3 Å². The minimum atomic E-state index is -1.40. The van der Waals surface area contributed by atoms with E-state index >= 15 is 0 Å². The normalized spacial score (nSPS) is 13.9. The SMILES string of the molecule is CC(CCCCCC(=O)O)O[Si](C)(C)C. The van der Waals surface area contributed by atoms with Gasteiger partial charge in [0.1, 0.15) is 0 Å². The Morgan fingerprint density at radius 2 is 1.87 bits per heavy atom. The maximum Gasteiger partial charge on any atom is 0.303 e. The topological polar surface area (TPSA) is 46.5 Å². The summed E-state index contributed by atoms with van der Waals surface area (Å²) in [6.45, 7) is 8.67. The summed E-state index contributed by atoms with van der Waals surface area (Å²) in [6.07, 6.45) is 4.51. The number of unbranched alkanes of at least 4 members (excludes halogenated alkanes) is 2. The van der Waals surface area contributed by atoms with Crippen molar-refractivity contribution in [1.29, 1.82) is 0 Å². The third kappa shape index (κ3) is 11.6. The van der Waals surface area contributed by atoms with Crippen LogP contribution in [0.3, 0.4) is 0 Å². The average molecular weight is 232 g/mol. The van der Waals surface area contributed by atoms with Gasteiger partial charge in [-0.1, -0.05) is 12.8 Å². The summed E-state index contributed by atoms with van der Waals surface area (Å²) in [5.74, 6) is -0.693. The number of hydrogen-bond acceptors (Lipinski definition) is 2. The van der Waals surface area contributed by atoms with Crippen molar-refractivity contribution in [3.63, 3.8) is 0 Å². The van der Waals surface area contributed by atoms with E-state index in [1.54, 1.807) is 0 Å². The molecule has 0 bridgehead atoms. The van der Waals surface area contributed by atoms with Crippen LogP contribution in [0.4, 0.5) is 0 Å². The van der Waals surface area contributed by atoms with E-state index in [-0.39, 0.29) is 0 Å². The van der Waals surface area contributed by atoms with Crippen LogP contribution in [0, 0.1) is 0 Å². The lowest BCUT2D eigenvalue weighted by atomic mass is 10.1. The fourth-order valence-corrected chi connectivity index (χ4v) is 2.87. The fraction of sp³-hybridized carbons (Fsp3) is 0.909. The van der Waals surface area contributed by atoms with E-state index in [9.17, 15) is 4.79 Å². The quantitative estimate of drug-likeness (QED) is 0.516. The first-order chi connectivity index (χ1) is 6.81. The lowest BCUT2D eigenvalue weighted by Gasteiger charge is -2.23. The van der Waals surface area contributed by atoms with Crippen LogP contribution in [0.5, 0.6) is 0 Å². The van der Waals surface area contributed by atoms with Crippen LogP contribution in [0.15, 0.2) is 0 Å². The van der Waals surface area contributed by atoms with Gasteiger partial charge in [-0.15, -0.1) is 0 Å². The van der Waals surface area contributed by atoms with Crippen LogP contribution in [-0.4, -0.2) is 25.5 Å². The van der Waals surface area contributed by atoms with Crippen LogP contribution < -0.4 is 0 Å². The fourth-order valence-electron chi connectivity index (χ4n) is 1.55. The third-order valence-electron chi connectivity index (χ3n) is 2.06. The molecule has 0 saturated carbocycles. The molecule has 0 aliphatic rings. The van der Waals surface area contributed by atoms with E-state index < -0.39 is 14.3 Å². The predicted molar refractivity (Wildman–Crippen MR) is 64.6 cm³/mol. The Bertz CT molecular complexity index is 187. The van der Waals surface area contributed by atoms with E-state index in [2.05, 4.69) is 26.6 Å². The molecule has 4 heteroatoms. The van der Waals surface area contributed by atoms with Crippen LogP contribution in [-0.2, 0) is 9.22 Å². The Hall–Kier alpha value is -0.353. The van der Waals surface area contributed by atoms with Gasteiger partial charge < -0.3 is 9.53 Å². The molecule has 0 aromatic carbocycles. The predicted octanol–water partition coefficient (Wildman–Crippen LogP) is 3.26. The number of rotatable bonds is 8.